The lowest BCUT2D eigenvalue weighted by atomic mass is 9.89. The van der Waals surface area contributed by atoms with Crippen molar-refractivity contribution in [1.82, 2.24) is 5.32 Å². The van der Waals surface area contributed by atoms with Gasteiger partial charge in [-0.2, -0.15) is 5.26 Å². The Morgan fingerprint density at radius 3 is 2.69 bits per heavy atom. The molecule has 0 atom stereocenters. The molecule has 1 aliphatic heterocycles. The van der Waals surface area contributed by atoms with E-state index in [2.05, 4.69) is 5.32 Å². The Kier molecular flexibility index (Phi) is 3.07. The van der Waals surface area contributed by atoms with Crippen LogP contribution in [0, 0.1) is 17.1 Å². The van der Waals surface area contributed by atoms with Gasteiger partial charge in [-0.3, -0.25) is 0 Å². The fourth-order valence-electron chi connectivity index (χ4n) is 2.10. The van der Waals surface area contributed by atoms with Gasteiger partial charge in [0.2, 0.25) is 0 Å². The highest BCUT2D eigenvalue weighted by molar-refractivity contribution is 5.46. The van der Waals surface area contributed by atoms with Crippen molar-refractivity contribution in [3.8, 4) is 11.8 Å². The van der Waals surface area contributed by atoms with Gasteiger partial charge in [-0.05, 0) is 49.5 Å². The van der Waals surface area contributed by atoms with E-state index in [1.807, 2.05) is 6.07 Å². The standard InChI is InChI=1S/C12H13FN2O/c13-11-6-9(5-10(7-14)12(11)16)8-1-3-15-4-2-8/h5-6,8,15-16H,1-4H2. The molecule has 1 aromatic carbocycles. The van der Waals surface area contributed by atoms with Crippen LogP contribution >= 0.6 is 0 Å². The molecule has 1 heterocycles. The van der Waals surface area contributed by atoms with E-state index in [1.165, 1.54) is 6.07 Å². The molecule has 2 rings (SSSR count). The monoisotopic (exact) mass is 220 g/mol. The van der Waals surface area contributed by atoms with E-state index in [9.17, 15) is 9.50 Å². The van der Waals surface area contributed by atoms with Crippen LogP contribution in [0.2, 0.25) is 0 Å². The van der Waals surface area contributed by atoms with Crippen LogP contribution in [-0.4, -0.2) is 18.2 Å². The minimum Gasteiger partial charge on any atom is -0.504 e. The summed E-state index contributed by atoms with van der Waals surface area (Å²) in [7, 11) is 0. The predicted molar refractivity (Wildman–Crippen MR) is 57.6 cm³/mol. The minimum absolute atomic E-state index is 0.0218. The fourth-order valence-corrected chi connectivity index (χ4v) is 2.10. The van der Waals surface area contributed by atoms with Crippen LogP contribution < -0.4 is 5.32 Å². The number of hydrogen-bond donors (Lipinski definition) is 2. The van der Waals surface area contributed by atoms with Crippen LogP contribution in [0.1, 0.15) is 29.9 Å². The summed E-state index contributed by atoms with van der Waals surface area (Å²) in [5, 5.41) is 21.3. The van der Waals surface area contributed by atoms with Crippen LogP contribution in [0.4, 0.5) is 4.39 Å². The minimum atomic E-state index is -0.701. The SMILES string of the molecule is N#Cc1cc(C2CCNCC2)cc(F)c1O. The van der Waals surface area contributed by atoms with Gasteiger partial charge in [0, 0.05) is 0 Å². The lowest BCUT2D eigenvalue weighted by Crippen LogP contribution is -2.26. The van der Waals surface area contributed by atoms with Crippen LogP contribution in [0.3, 0.4) is 0 Å². The number of nitriles is 1. The molecular weight excluding hydrogens is 207 g/mol. The number of hydrogen-bond acceptors (Lipinski definition) is 3. The third-order valence-electron chi connectivity index (χ3n) is 3.02. The van der Waals surface area contributed by atoms with Crippen molar-refractivity contribution in [2.75, 3.05) is 13.1 Å². The van der Waals surface area contributed by atoms with Crippen molar-refractivity contribution in [1.29, 1.82) is 5.26 Å². The average molecular weight is 220 g/mol. The van der Waals surface area contributed by atoms with Crippen molar-refractivity contribution in [3.05, 3.63) is 29.1 Å². The summed E-state index contributed by atoms with van der Waals surface area (Å²) < 4.78 is 13.4. The zero-order valence-electron chi connectivity index (χ0n) is 8.83. The fraction of sp³-hybridized carbons (Fsp3) is 0.417. The van der Waals surface area contributed by atoms with Gasteiger partial charge >= 0.3 is 0 Å². The highest BCUT2D eigenvalue weighted by atomic mass is 19.1. The first-order chi connectivity index (χ1) is 7.72. The summed E-state index contributed by atoms with van der Waals surface area (Å²) in [6.07, 6.45) is 1.88. The van der Waals surface area contributed by atoms with Gasteiger partial charge in [0.15, 0.2) is 11.6 Å². The summed E-state index contributed by atoms with van der Waals surface area (Å²) in [5.41, 5.74) is 0.835. The number of halogens is 1. The van der Waals surface area contributed by atoms with Gasteiger partial charge in [0.1, 0.15) is 6.07 Å². The molecule has 2 N–H and O–H groups in total. The second kappa shape index (κ2) is 4.50. The summed E-state index contributed by atoms with van der Waals surface area (Å²) in [6, 6.07) is 4.74. The van der Waals surface area contributed by atoms with Crippen molar-refractivity contribution < 1.29 is 9.50 Å². The number of piperidine rings is 1. The van der Waals surface area contributed by atoms with Crippen LogP contribution in [0.15, 0.2) is 12.1 Å². The van der Waals surface area contributed by atoms with E-state index in [0.717, 1.165) is 31.5 Å². The van der Waals surface area contributed by atoms with Crippen molar-refractivity contribution in [3.63, 3.8) is 0 Å². The van der Waals surface area contributed by atoms with E-state index in [4.69, 9.17) is 5.26 Å². The van der Waals surface area contributed by atoms with E-state index in [-0.39, 0.29) is 11.5 Å². The van der Waals surface area contributed by atoms with Gasteiger partial charge in [-0.15, -0.1) is 0 Å². The van der Waals surface area contributed by atoms with Crippen molar-refractivity contribution in [2.24, 2.45) is 0 Å². The second-order valence-corrected chi connectivity index (χ2v) is 4.03. The normalized spacial score (nSPS) is 17.0. The number of rotatable bonds is 1. The Bertz CT molecular complexity index is 433. The van der Waals surface area contributed by atoms with E-state index >= 15 is 0 Å². The maximum atomic E-state index is 13.4. The molecule has 0 unspecified atom stereocenters. The largest absolute Gasteiger partial charge is 0.504 e. The van der Waals surface area contributed by atoms with Gasteiger partial charge in [0.05, 0.1) is 5.56 Å². The lowest BCUT2D eigenvalue weighted by molar-refractivity contribution is 0.425. The molecule has 0 saturated carbocycles. The highest BCUT2D eigenvalue weighted by Gasteiger charge is 2.18. The quantitative estimate of drug-likeness (QED) is 0.759. The molecule has 0 radical (unpaired) electrons. The van der Waals surface area contributed by atoms with Crippen LogP contribution in [0.5, 0.6) is 5.75 Å². The molecule has 3 nitrogen and oxygen atoms in total. The smallest absolute Gasteiger partial charge is 0.169 e. The number of phenolic OH excluding ortho intramolecular Hbond substituents is 1. The summed E-state index contributed by atoms with van der Waals surface area (Å²) in [4.78, 5) is 0. The summed E-state index contributed by atoms with van der Waals surface area (Å²) in [6.45, 7) is 1.82. The van der Waals surface area contributed by atoms with Crippen molar-refractivity contribution in [2.45, 2.75) is 18.8 Å². The molecule has 84 valence electrons. The topological polar surface area (TPSA) is 56.0 Å². The molecule has 0 aliphatic carbocycles. The number of nitrogens with one attached hydrogen (secondary N) is 1. The molecule has 16 heavy (non-hydrogen) atoms. The first-order valence-electron chi connectivity index (χ1n) is 5.35. The van der Waals surface area contributed by atoms with E-state index in [1.54, 1.807) is 6.07 Å². The number of phenols is 1. The van der Waals surface area contributed by atoms with Gasteiger partial charge < -0.3 is 10.4 Å². The molecule has 1 aromatic rings. The van der Waals surface area contributed by atoms with Gasteiger partial charge in [-0.1, -0.05) is 0 Å². The summed E-state index contributed by atoms with van der Waals surface area (Å²) in [5.74, 6) is -0.962. The lowest BCUT2D eigenvalue weighted by Gasteiger charge is -2.23. The Labute approximate surface area is 93.5 Å². The third kappa shape index (κ3) is 2.00. The van der Waals surface area contributed by atoms with E-state index < -0.39 is 11.6 Å². The maximum absolute atomic E-state index is 13.4. The molecule has 0 bridgehead atoms. The van der Waals surface area contributed by atoms with Crippen LogP contribution in [-0.2, 0) is 0 Å². The molecule has 0 amide bonds. The molecule has 0 spiro atoms. The Hall–Kier alpha value is -1.60. The molecule has 1 aliphatic rings. The number of aromatic hydroxyl groups is 1. The third-order valence-corrected chi connectivity index (χ3v) is 3.02. The Morgan fingerprint density at radius 2 is 2.06 bits per heavy atom. The Morgan fingerprint density at radius 1 is 1.38 bits per heavy atom. The molecule has 1 fully saturated rings. The second-order valence-electron chi connectivity index (χ2n) is 4.03. The van der Waals surface area contributed by atoms with Gasteiger partial charge in [0.25, 0.3) is 0 Å². The molecule has 4 heteroatoms. The van der Waals surface area contributed by atoms with Crippen molar-refractivity contribution >= 4 is 0 Å². The number of nitrogens with zero attached hydrogens (tertiary/aromatic N) is 1. The average Bonchev–Trinajstić information content (AvgIpc) is 2.33. The zero-order valence-corrected chi connectivity index (χ0v) is 8.83. The molecule has 0 aromatic heterocycles. The summed E-state index contributed by atoms with van der Waals surface area (Å²) >= 11 is 0. The molecule has 1 saturated heterocycles. The van der Waals surface area contributed by atoms with E-state index in [0.29, 0.717) is 0 Å². The number of benzene rings is 1. The maximum Gasteiger partial charge on any atom is 0.169 e. The molecular formula is C12H13FN2O. The predicted octanol–water partition coefficient (Wildman–Crippen LogP) is 1.87. The van der Waals surface area contributed by atoms with Gasteiger partial charge in [-0.25, -0.2) is 4.39 Å². The van der Waals surface area contributed by atoms with Crippen LogP contribution in [0.25, 0.3) is 0 Å². The zero-order chi connectivity index (χ0) is 11.5. The Balaban J connectivity index is 2.34. The first-order valence-corrected chi connectivity index (χ1v) is 5.35. The highest BCUT2D eigenvalue weighted by Crippen LogP contribution is 2.30. The first kappa shape index (κ1) is 10.9.